The summed E-state index contributed by atoms with van der Waals surface area (Å²) >= 11 is 0. The molecule has 0 amide bonds. The van der Waals surface area contributed by atoms with Crippen molar-refractivity contribution >= 4 is 11.9 Å². The van der Waals surface area contributed by atoms with Gasteiger partial charge in [-0.1, -0.05) is 18.6 Å². The minimum Gasteiger partial charge on any atom is -0.459 e. The Bertz CT molecular complexity index is 525. The zero-order valence-corrected chi connectivity index (χ0v) is 14.2. The Morgan fingerprint density at radius 1 is 1.12 bits per heavy atom. The first-order valence-electron chi connectivity index (χ1n) is 7.12. The number of hydrogen-bond donors (Lipinski definition) is 0. The van der Waals surface area contributed by atoms with Crippen LogP contribution in [-0.2, 0) is 38.0 Å². The van der Waals surface area contributed by atoms with Crippen LogP contribution in [0.3, 0.4) is 0 Å². The van der Waals surface area contributed by atoms with Crippen molar-refractivity contribution in [3.05, 3.63) is 12.7 Å². The average Bonchev–Trinajstić information content (AvgIpc) is 2.59. The monoisotopic (exact) mass is 342 g/mol. The Morgan fingerprint density at radius 3 is 1.96 bits per heavy atom. The van der Waals surface area contributed by atoms with Gasteiger partial charge in [-0.3, -0.25) is 0 Å². The van der Waals surface area contributed by atoms with Gasteiger partial charge in [-0.2, -0.15) is 0 Å². The SMILES string of the molecule is C#CCOC(=O)[C@@H]1O[C@@](C)(OC)[C@](C)(OC)O[C@H]1C(=O)OCC=C. The van der Waals surface area contributed by atoms with E-state index in [1.54, 1.807) is 0 Å². The van der Waals surface area contributed by atoms with Gasteiger partial charge in [-0.15, -0.1) is 6.42 Å². The van der Waals surface area contributed by atoms with Crippen LogP contribution in [-0.4, -0.2) is 63.2 Å². The van der Waals surface area contributed by atoms with E-state index in [-0.39, 0.29) is 13.2 Å². The number of carbonyl (C=O) groups excluding carboxylic acids is 2. The van der Waals surface area contributed by atoms with Crippen LogP contribution in [0.1, 0.15) is 13.8 Å². The molecule has 0 unspecified atom stereocenters. The molecule has 1 rings (SSSR count). The van der Waals surface area contributed by atoms with Gasteiger partial charge < -0.3 is 28.4 Å². The van der Waals surface area contributed by atoms with E-state index < -0.39 is 35.7 Å². The number of methoxy groups -OCH3 is 2. The molecule has 4 atom stereocenters. The molecule has 0 aromatic rings. The summed E-state index contributed by atoms with van der Waals surface area (Å²) in [6, 6.07) is 0. The maximum Gasteiger partial charge on any atom is 0.339 e. The Kier molecular flexibility index (Phi) is 6.93. The number of terminal acetylenes is 1. The summed E-state index contributed by atoms with van der Waals surface area (Å²) < 4.78 is 31.7. The molecule has 8 nitrogen and oxygen atoms in total. The smallest absolute Gasteiger partial charge is 0.339 e. The molecule has 1 aliphatic rings. The standard InChI is InChI=1S/C16H22O8/c1-7-9-21-13(17)11-12(14(18)22-10-8-2)24-16(4,20-6)15(3,19-5)23-11/h1,8,11-12H,2,9-10H2,3-6H3/t11-,12-,15-,16-/m1/s1. The Labute approximate surface area is 141 Å². The highest BCUT2D eigenvalue weighted by Gasteiger charge is 2.60. The predicted molar refractivity (Wildman–Crippen MR) is 81.5 cm³/mol. The lowest BCUT2D eigenvalue weighted by molar-refractivity contribution is -0.439. The van der Waals surface area contributed by atoms with Gasteiger partial charge in [-0.05, 0) is 13.8 Å². The summed E-state index contributed by atoms with van der Waals surface area (Å²) in [5.41, 5.74) is 0. The second kappa shape index (κ2) is 8.26. The molecule has 0 bridgehead atoms. The van der Waals surface area contributed by atoms with Gasteiger partial charge in [0.05, 0.1) is 0 Å². The molecule has 0 radical (unpaired) electrons. The number of ether oxygens (including phenoxy) is 6. The summed E-state index contributed by atoms with van der Waals surface area (Å²) in [6.07, 6.45) is 3.57. The van der Waals surface area contributed by atoms with E-state index in [0.29, 0.717) is 0 Å². The van der Waals surface area contributed by atoms with Crippen LogP contribution in [0.25, 0.3) is 0 Å². The van der Waals surface area contributed by atoms with Crippen LogP contribution in [0, 0.1) is 12.3 Å². The average molecular weight is 342 g/mol. The van der Waals surface area contributed by atoms with Crippen molar-refractivity contribution in [2.45, 2.75) is 37.6 Å². The lowest BCUT2D eigenvalue weighted by Gasteiger charge is -2.50. The first kappa shape index (κ1) is 20.1. The third kappa shape index (κ3) is 3.94. The third-order valence-corrected chi connectivity index (χ3v) is 3.69. The molecule has 1 heterocycles. The molecule has 1 aliphatic heterocycles. The van der Waals surface area contributed by atoms with E-state index in [2.05, 4.69) is 12.5 Å². The van der Waals surface area contributed by atoms with Crippen molar-refractivity contribution in [3.63, 3.8) is 0 Å². The molecule has 8 heteroatoms. The zero-order chi connectivity index (χ0) is 18.4. The second-order valence-electron chi connectivity index (χ2n) is 5.11. The highest BCUT2D eigenvalue weighted by Crippen LogP contribution is 2.39. The molecule has 1 saturated heterocycles. The fraction of sp³-hybridized carbons (Fsp3) is 0.625. The Morgan fingerprint density at radius 2 is 1.58 bits per heavy atom. The molecule has 0 aromatic heterocycles. The van der Waals surface area contributed by atoms with Gasteiger partial charge in [0.25, 0.3) is 0 Å². The van der Waals surface area contributed by atoms with Gasteiger partial charge in [0.1, 0.15) is 6.61 Å². The fourth-order valence-corrected chi connectivity index (χ4v) is 2.05. The molecule has 0 spiro atoms. The van der Waals surface area contributed by atoms with Crippen LogP contribution < -0.4 is 0 Å². The number of carbonyl (C=O) groups is 2. The van der Waals surface area contributed by atoms with Gasteiger partial charge >= 0.3 is 11.9 Å². The van der Waals surface area contributed by atoms with E-state index in [1.165, 1.54) is 34.1 Å². The van der Waals surface area contributed by atoms with Gasteiger partial charge in [0.15, 0.2) is 18.8 Å². The normalized spacial score (nSPS) is 32.5. The number of hydrogen-bond acceptors (Lipinski definition) is 8. The van der Waals surface area contributed by atoms with Crippen LogP contribution in [0.4, 0.5) is 0 Å². The zero-order valence-electron chi connectivity index (χ0n) is 14.2. The summed E-state index contributed by atoms with van der Waals surface area (Å²) in [4.78, 5) is 24.4. The molecule has 0 aliphatic carbocycles. The quantitative estimate of drug-likeness (QED) is 0.373. The third-order valence-electron chi connectivity index (χ3n) is 3.69. The molecule has 0 aromatic carbocycles. The fourth-order valence-electron chi connectivity index (χ4n) is 2.05. The summed E-state index contributed by atoms with van der Waals surface area (Å²) in [5, 5.41) is 0. The van der Waals surface area contributed by atoms with Gasteiger partial charge in [0, 0.05) is 14.2 Å². The molecule has 134 valence electrons. The topological polar surface area (TPSA) is 89.5 Å². The minimum absolute atomic E-state index is 0.0595. The van der Waals surface area contributed by atoms with Crippen molar-refractivity contribution in [3.8, 4) is 12.3 Å². The van der Waals surface area contributed by atoms with Crippen molar-refractivity contribution in [1.29, 1.82) is 0 Å². The summed E-state index contributed by atoms with van der Waals surface area (Å²) in [5.74, 6) is -2.53. The summed E-state index contributed by atoms with van der Waals surface area (Å²) in [6.45, 7) is 6.12. The van der Waals surface area contributed by atoms with E-state index in [0.717, 1.165) is 0 Å². The first-order chi connectivity index (χ1) is 11.3. The van der Waals surface area contributed by atoms with Crippen LogP contribution in [0.2, 0.25) is 0 Å². The van der Waals surface area contributed by atoms with E-state index >= 15 is 0 Å². The molecule has 0 N–H and O–H groups in total. The molecular weight excluding hydrogens is 320 g/mol. The van der Waals surface area contributed by atoms with Gasteiger partial charge in [-0.25, -0.2) is 9.59 Å². The Hall–Kier alpha value is -1.92. The number of esters is 2. The number of rotatable bonds is 7. The van der Waals surface area contributed by atoms with Crippen molar-refractivity contribution in [2.75, 3.05) is 27.4 Å². The molecule has 0 saturated carbocycles. The predicted octanol–water partition coefficient (Wildman–Crippen LogP) is 0.401. The van der Waals surface area contributed by atoms with Crippen molar-refractivity contribution in [2.24, 2.45) is 0 Å². The first-order valence-corrected chi connectivity index (χ1v) is 7.12. The highest BCUT2D eigenvalue weighted by molar-refractivity contribution is 5.86. The maximum absolute atomic E-state index is 12.2. The lowest BCUT2D eigenvalue weighted by atomic mass is 10.0. The van der Waals surface area contributed by atoms with Crippen LogP contribution in [0.15, 0.2) is 12.7 Å². The maximum atomic E-state index is 12.2. The summed E-state index contributed by atoms with van der Waals surface area (Å²) in [7, 11) is 2.70. The van der Waals surface area contributed by atoms with Crippen molar-refractivity contribution in [1.82, 2.24) is 0 Å². The van der Waals surface area contributed by atoms with E-state index in [4.69, 9.17) is 34.8 Å². The second-order valence-corrected chi connectivity index (χ2v) is 5.11. The van der Waals surface area contributed by atoms with E-state index in [9.17, 15) is 9.59 Å². The van der Waals surface area contributed by atoms with Crippen molar-refractivity contribution < 1.29 is 38.0 Å². The molecule has 24 heavy (non-hydrogen) atoms. The van der Waals surface area contributed by atoms with E-state index in [1.807, 2.05) is 0 Å². The Balaban J connectivity index is 3.14. The van der Waals surface area contributed by atoms with Crippen LogP contribution in [0.5, 0.6) is 0 Å². The minimum atomic E-state index is -1.49. The van der Waals surface area contributed by atoms with Gasteiger partial charge in [0.2, 0.25) is 11.6 Å². The lowest BCUT2D eigenvalue weighted by Crippen LogP contribution is -2.68. The largest absolute Gasteiger partial charge is 0.459 e. The van der Waals surface area contributed by atoms with Crippen LogP contribution >= 0.6 is 0 Å². The highest BCUT2D eigenvalue weighted by atomic mass is 16.8. The molecular formula is C16H22O8. The molecule has 1 fully saturated rings.